The Morgan fingerprint density at radius 1 is 1.25 bits per heavy atom. The van der Waals surface area contributed by atoms with Gasteiger partial charge in [0.25, 0.3) is 0 Å². The standard InChI is InChI=1S/C17H32N2O/c1-5-15-17(20)19(16(18-15)10-12(2)3)11-14-8-6-13(4)7-9-14/h12-16,18H,5-11H2,1-4H3. The molecule has 0 aromatic rings. The molecule has 1 aliphatic heterocycles. The van der Waals surface area contributed by atoms with Gasteiger partial charge in [-0.05, 0) is 43.4 Å². The van der Waals surface area contributed by atoms with Gasteiger partial charge in [-0.25, -0.2) is 0 Å². The highest BCUT2D eigenvalue weighted by molar-refractivity contribution is 5.84. The summed E-state index contributed by atoms with van der Waals surface area (Å²) < 4.78 is 0. The highest BCUT2D eigenvalue weighted by Gasteiger charge is 2.38. The molecular formula is C17H32N2O. The zero-order valence-corrected chi connectivity index (χ0v) is 13.7. The summed E-state index contributed by atoms with van der Waals surface area (Å²) >= 11 is 0. The van der Waals surface area contributed by atoms with Crippen molar-refractivity contribution < 1.29 is 4.79 Å². The van der Waals surface area contributed by atoms with E-state index in [1.54, 1.807) is 0 Å². The van der Waals surface area contributed by atoms with E-state index in [-0.39, 0.29) is 12.2 Å². The molecule has 2 aliphatic rings. The van der Waals surface area contributed by atoms with Gasteiger partial charge in [0.2, 0.25) is 5.91 Å². The number of nitrogens with one attached hydrogen (secondary N) is 1. The monoisotopic (exact) mass is 280 g/mol. The van der Waals surface area contributed by atoms with Gasteiger partial charge in [-0.15, -0.1) is 0 Å². The Morgan fingerprint density at radius 2 is 1.90 bits per heavy atom. The fraction of sp³-hybridized carbons (Fsp3) is 0.941. The lowest BCUT2D eigenvalue weighted by Gasteiger charge is -2.33. The average Bonchev–Trinajstić information content (AvgIpc) is 2.69. The molecule has 0 aromatic heterocycles. The summed E-state index contributed by atoms with van der Waals surface area (Å²) in [6.07, 6.45) is 7.54. The molecule has 1 aliphatic carbocycles. The van der Waals surface area contributed by atoms with Crippen LogP contribution in [0.1, 0.15) is 66.2 Å². The predicted octanol–water partition coefficient (Wildman–Crippen LogP) is 3.40. The lowest BCUT2D eigenvalue weighted by atomic mass is 9.82. The molecule has 0 spiro atoms. The summed E-state index contributed by atoms with van der Waals surface area (Å²) in [6, 6.07) is 0.0567. The second-order valence-corrected chi connectivity index (χ2v) is 7.39. The number of amides is 1. The van der Waals surface area contributed by atoms with E-state index < -0.39 is 0 Å². The van der Waals surface area contributed by atoms with Crippen LogP contribution in [0.15, 0.2) is 0 Å². The molecular weight excluding hydrogens is 248 g/mol. The predicted molar refractivity (Wildman–Crippen MR) is 83.3 cm³/mol. The van der Waals surface area contributed by atoms with Crippen LogP contribution in [0.4, 0.5) is 0 Å². The molecule has 2 unspecified atom stereocenters. The van der Waals surface area contributed by atoms with Gasteiger partial charge in [-0.2, -0.15) is 0 Å². The smallest absolute Gasteiger partial charge is 0.241 e. The summed E-state index contributed by atoms with van der Waals surface area (Å²) in [6.45, 7) is 9.92. The maximum absolute atomic E-state index is 12.5. The van der Waals surface area contributed by atoms with Gasteiger partial charge in [-0.1, -0.05) is 40.5 Å². The Labute approximate surface area is 124 Å². The number of carbonyl (C=O) groups is 1. The first-order valence-corrected chi connectivity index (χ1v) is 8.57. The van der Waals surface area contributed by atoms with Crippen molar-refractivity contribution in [3.05, 3.63) is 0 Å². The Hall–Kier alpha value is -0.570. The molecule has 2 atom stereocenters. The molecule has 3 heteroatoms. The van der Waals surface area contributed by atoms with Gasteiger partial charge in [0, 0.05) is 6.54 Å². The van der Waals surface area contributed by atoms with Crippen molar-refractivity contribution in [2.45, 2.75) is 78.4 Å². The largest absolute Gasteiger partial charge is 0.326 e. The second-order valence-electron chi connectivity index (χ2n) is 7.39. The zero-order chi connectivity index (χ0) is 14.7. The highest BCUT2D eigenvalue weighted by atomic mass is 16.2. The van der Waals surface area contributed by atoms with Crippen molar-refractivity contribution in [1.82, 2.24) is 10.2 Å². The quantitative estimate of drug-likeness (QED) is 0.837. The fourth-order valence-electron chi connectivity index (χ4n) is 3.69. The first-order chi connectivity index (χ1) is 9.51. The van der Waals surface area contributed by atoms with E-state index in [0.29, 0.717) is 11.8 Å². The minimum Gasteiger partial charge on any atom is -0.326 e. The number of hydrogen-bond acceptors (Lipinski definition) is 2. The van der Waals surface area contributed by atoms with Crippen LogP contribution in [0.5, 0.6) is 0 Å². The molecule has 3 nitrogen and oxygen atoms in total. The lowest BCUT2D eigenvalue weighted by molar-refractivity contribution is -0.131. The van der Waals surface area contributed by atoms with Crippen LogP contribution < -0.4 is 5.32 Å². The van der Waals surface area contributed by atoms with Crippen LogP contribution in [-0.2, 0) is 4.79 Å². The highest BCUT2D eigenvalue weighted by Crippen LogP contribution is 2.30. The molecule has 2 fully saturated rings. The molecule has 1 saturated carbocycles. The summed E-state index contributed by atoms with van der Waals surface area (Å²) in [5.74, 6) is 2.58. The summed E-state index contributed by atoms with van der Waals surface area (Å²) in [4.78, 5) is 14.7. The van der Waals surface area contributed by atoms with Gasteiger partial charge in [-0.3, -0.25) is 10.1 Å². The molecule has 116 valence electrons. The van der Waals surface area contributed by atoms with Crippen molar-refractivity contribution in [3.8, 4) is 0 Å². The number of nitrogens with zero attached hydrogens (tertiary/aromatic N) is 1. The van der Waals surface area contributed by atoms with Gasteiger partial charge in [0.05, 0.1) is 12.2 Å². The van der Waals surface area contributed by atoms with E-state index in [0.717, 1.165) is 31.2 Å². The molecule has 0 radical (unpaired) electrons. The van der Waals surface area contributed by atoms with Crippen LogP contribution in [0.25, 0.3) is 0 Å². The van der Waals surface area contributed by atoms with Gasteiger partial charge < -0.3 is 4.90 Å². The zero-order valence-electron chi connectivity index (χ0n) is 13.7. The van der Waals surface area contributed by atoms with E-state index in [4.69, 9.17) is 0 Å². The first-order valence-electron chi connectivity index (χ1n) is 8.57. The summed E-state index contributed by atoms with van der Waals surface area (Å²) in [5, 5.41) is 3.55. The molecule has 1 heterocycles. The van der Waals surface area contributed by atoms with E-state index >= 15 is 0 Å². The minimum absolute atomic E-state index is 0.0567. The molecule has 1 amide bonds. The van der Waals surface area contributed by atoms with Crippen molar-refractivity contribution in [2.75, 3.05) is 6.54 Å². The Kier molecular flexibility index (Phi) is 5.48. The molecule has 1 saturated heterocycles. The van der Waals surface area contributed by atoms with Crippen LogP contribution in [0, 0.1) is 17.8 Å². The Balaban J connectivity index is 1.96. The van der Waals surface area contributed by atoms with Crippen LogP contribution in [0.2, 0.25) is 0 Å². The number of hydrogen-bond donors (Lipinski definition) is 1. The molecule has 2 rings (SSSR count). The SMILES string of the molecule is CCC1NC(CC(C)C)N(CC2CCC(C)CC2)C1=O. The molecule has 0 bridgehead atoms. The van der Waals surface area contributed by atoms with Crippen molar-refractivity contribution in [1.29, 1.82) is 0 Å². The normalized spacial score (nSPS) is 35.0. The van der Waals surface area contributed by atoms with E-state index in [1.807, 2.05) is 0 Å². The van der Waals surface area contributed by atoms with Crippen LogP contribution in [0.3, 0.4) is 0 Å². The van der Waals surface area contributed by atoms with Crippen LogP contribution >= 0.6 is 0 Å². The van der Waals surface area contributed by atoms with Crippen molar-refractivity contribution >= 4 is 5.91 Å². The summed E-state index contributed by atoms with van der Waals surface area (Å²) in [7, 11) is 0. The third-order valence-corrected chi connectivity index (χ3v) is 5.04. The molecule has 1 N–H and O–H groups in total. The average molecular weight is 280 g/mol. The van der Waals surface area contributed by atoms with Gasteiger partial charge in [0.1, 0.15) is 0 Å². The minimum atomic E-state index is 0.0567. The fourth-order valence-corrected chi connectivity index (χ4v) is 3.69. The molecule has 20 heavy (non-hydrogen) atoms. The topological polar surface area (TPSA) is 32.3 Å². The lowest BCUT2D eigenvalue weighted by Crippen LogP contribution is -2.41. The van der Waals surface area contributed by atoms with E-state index in [2.05, 4.69) is 37.9 Å². The maximum Gasteiger partial charge on any atom is 0.241 e. The Morgan fingerprint density at radius 3 is 2.45 bits per heavy atom. The van der Waals surface area contributed by atoms with E-state index in [1.165, 1.54) is 25.7 Å². The third-order valence-electron chi connectivity index (χ3n) is 5.04. The summed E-state index contributed by atoms with van der Waals surface area (Å²) in [5.41, 5.74) is 0. The Bertz CT molecular complexity index is 321. The van der Waals surface area contributed by atoms with Crippen molar-refractivity contribution in [3.63, 3.8) is 0 Å². The number of rotatable bonds is 5. The van der Waals surface area contributed by atoms with Crippen LogP contribution in [-0.4, -0.2) is 29.6 Å². The molecule has 0 aromatic carbocycles. The third kappa shape index (κ3) is 3.75. The van der Waals surface area contributed by atoms with Crippen molar-refractivity contribution in [2.24, 2.45) is 17.8 Å². The maximum atomic E-state index is 12.5. The van der Waals surface area contributed by atoms with Gasteiger partial charge in [0.15, 0.2) is 0 Å². The van der Waals surface area contributed by atoms with E-state index in [9.17, 15) is 4.79 Å². The first kappa shape index (κ1) is 15.8. The number of carbonyl (C=O) groups excluding carboxylic acids is 1. The van der Waals surface area contributed by atoms with Gasteiger partial charge >= 0.3 is 0 Å². The second kappa shape index (κ2) is 6.93.